The molecule has 2 aromatic heterocycles. The van der Waals surface area contributed by atoms with Crippen LogP contribution in [-0.4, -0.2) is 40.8 Å². The fourth-order valence-electron chi connectivity index (χ4n) is 4.22. The van der Waals surface area contributed by atoms with Gasteiger partial charge in [0.05, 0.1) is 17.0 Å². The van der Waals surface area contributed by atoms with E-state index < -0.39 is 11.5 Å². The number of anilines is 1. The summed E-state index contributed by atoms with van der Waals surface area (Å²) in [6.45, 7) is 2.52. The second kappa shape index (κ2) is 8.32. The van der Waals surface area contributed by atoms with Crippen molar-refractivity contribution in [2.45, 2.75) is 32.2 Å². The first-order chi connectivity index (χ1) is 15.9. The molecule has 1 unspecified atom stereocenters. The molecule has 0 radical (unpaired) electrons. The zero-order valence-corrected chi connectivity index (χ0v) is 18.6. The molecule has 10 nitrogen and oxygen atoms in total. The molecule has 1 aliphatic heterocycles. The number of carbonyl (C=O) groups is 3. The van der Waals surface area contributed by atoms with Gasteiger partial charge in [0.15, 0.2) is 6.61 Å². The molecule has 0 bridgehead atoms. The third-order valence-corrected chi connectivity index (χ3v) is 6.86. The van der Waals surface area contributed by atoms with Gasteiger partial charge in [-0.25, -0.2) is 4.98 Å². The molecule has 4 N–H and O–H groups in total. The Bertz CT molecular complexity index is 1360. The van der Waals surface area contributed by atoms with E-state index in [1.54, 1.807) is 18.2 Å². The summed E-state index contributed by atoms with van der Waals surface area (Å²) in [6.07, 6.45) is 1.37. The number of amides is 3. The largest absolute Gasteiger partial charge is 0.482 e. The summed E-state index contributed by atoms with van der Waals surface area (Å²) in [4.78, 5) is 57.8. The predicted molar refractivity (Wildman–Crippen MR) is 122 cm³/mol. The second-order valence-corrected chi connectivity index (χ2v) is 8.95. The van der Waals surface area contributed by atoms with E-state index in [4.69, 9.17) is 4.74 Å². The number of nitrogens with one attached hydrogen (secondary N) is 4. The van der Waals surface area contributed by atoms with Crippen LogP contribution in [0.3, 0.4) is 0 Å². The van der Waals surface area contributed by atoms with Crippen LogP contribution in [0.15, 0.2) is 23.0 Å². The Morgan fingerprint density at radius 3 is 2.94 bits per heavy atom. The Morgan fingerprint density at radius 2 is 2.12 bits per heavy atom. The average Bonchev–Trinajstić information content (AvgIpc) is 3.36. The summed E-state index contributed by atoms with van der Waals surface area (Å²) in [7, 11) is 0. The molecule has 170 valence electrons. The van der Waals surface area contributed by atoms with Crippen molar-refractivity contribution >= 4 is 45.0 Å². The summed E-state index contributed by atoms with van der Waals surface area (Å²) in [5.41, 5.74) is 1.60. The Kier molecular flexibility index (Phi) is 5.33. The molecule has 1 aliphatic carbocycles. The van der Waals surface area contributed by atoms with E-state index in [1.165, 1.54) is 11.3 Å². The zero-order chi connectivity index (χ0) is 23.1. The number of thiophene rings is 1. The van der Waals surface area contributed by atoms with Crippen LogP contribution in [-0.2, 0) is 22.6 Å². The smallest absolute Gasteiger partial charge is 0.287 e. The number of fused-ring (bicyclic) bond motifs is 4. The van der Waals surface area contributed by atoms with Crippen molar-refractivity contribution in [2.24, 2.45) is 0 Å². The molecule has 0 fully saturated rings. The van der Waals surface area contributed by atoms with Gasteiger partial charge in [-0.3, -0.25) is 19.2 Å². The lowest BCUT2D eigenvalue weighted by Crippen LogP contribution is -2.29. The molecule has 3 amide bonds. The standard InChI is InChI=1S/C22H21N5O5S/c1-2-23-19(29)11-4-6-14-16(11)17-20(30)26-18(27-22(17)33-14)21(31)24-8-10-3-5-13-12(7-10)25-15(28)9-32-13/h3,5,7,11H,2,4,6,8-9H2,1H3,(H,23,29)(H,24,31)(H,25,28)(H,26,27,30). The number of benzene rings is 1. The molecule has 2 aliphatic rings. The topological polar surface area (TPSA) is 142 Å². The number of hydrogen-bond donors (Lipinski definition) is 4. The summed E-state index contributed by atoms with van der Waals surface area (Å²) in [5.74, 6) is -0.750. The number of ether oxygens (including phenoxy) is 1. The quantitative estimate of drug-likeness (QED) is 0.447. The highest BCUT2D eigenvalue weighted by Gasteiger charge is 2.34. The van der Waals surface area contributed by atoms with Crippen LogP contribution in [0.2, 0.25) is 0 Å². The van der Waals surface area contributed by atoms with Crippen molar-refractivity contribution in [3.8, 4) is 5.75 Å². The van der Waals surface area contributed by atoms with Crippen LogP contribution in [0.5, 0.6) is 5.75 Å². The van der Waals surface area contributed by atoms with Gasteiger partial charge in [0, 0.05) is 18.0 Å². The van der Waals surface area contributed by atoms with Crippen molar-refractivity contribution in [1.82, 2.24) is 20.6 Å². The molecule has 0 saturated carbocycles. The molecule has 11 heteroatoms. The molecule has 3 aromatic rings. The summed E-state index contributed by atoms with van der Waals surface area (Å²) >= 11 is 1.36. The van der Waals surface area contributed by atoms with Gasteiger partial charge in [-0.15, -0.1) is 11.3 Å². The van der Waals surface area contributed by atoms with Crippen LogP contribution in [0.25, 0.3) is 10.2 Å². The maximum Gasteiger partial charge on any atom is 0.287 e. The minimum absolute atomic E-state index is 0.0270. The molecule has 3 heterocycles. The highest BCUT2D eigenvalue weighted by molar-refractivity contribution is 7.18. The third-order valence-electron chi connectivity index (χ3n) is 5.70. The minimum Gasteiger partial charge on any atom is -0.482 e. The van der Waals surface area contributed by atoms with Crippen LogP contribution >= 0.6 is 11.3 Å². The lowest BCUT2D eigenvalue weighted by atomic mass is 10.0. The van der Waals surface area contributed by atoms with E-state index in [1.807, 2.05) is 6.92 Å². The highest BCUT2D eigenvalue weighted by atomic mass is 32.1. The molecule has 1 atom stereocenters. The number of H-pyrrole nitrogens is 1. The SMILES string of the molecule is CCNC(=O)C1CCc2sc3nc(C(=O)NCc4ccc5c(c4)NC(=O)CO5)[nH]c(=O)c3c21. The first-order valence-corrected chi connectivity index (χ1v) is 11.4. The molecular formula is C22H21N5O5S. The Labute approximate surface area is 191 Å². The first kappa shape index (κ1) is 21.1. The van der Waals surface area contributed by atoms with Crippen molar-refractivity contribution in [3.05, 3.63) is 50.4 Å². The number of aryl methyl sites for hydroxylation is 1. The van der Waals surface area contributed by atoms with Crippen molar-refractivity contribution < 1.29 is 19.1 Å². The molecule has 0 saturated heterocycles. The summed E-state index contributed by atoms with van der Waals surface area (Å²) in [5, 5.41) is 8.67. The van der Waals surface area contributed by atoms with E-state index in [2.05, 4.69) is 25.9 Å². The van der Waals surface area contributed by atoms with Crippen molar-refractivity contribution in [2.75, 3.05) is 18.5 Å². The molecule has 0 spiro atoms. The number of carbonyl (C=O) groups excluding carboxylic acids is 3. The first-order valence-electron chi connectivity index (χ1n) is 10.6. The van der Waals surface area contributed by atoms with Gasteiger partial charge >= 0.3 is 0 Å². The van der Waals surface area contributed by atoms with E-state index in [9.17, 15) is 19.2 Å². The lowest BCUT2D eigenvalue weighted by Gasteiger charge is -2.18. The summed E-state index contributed by atoms with van der Waals surface area (Å²) < 4.78 is 5.33. The summed E-state index contributed by atoms with van der Waals surface area (Å²) in [6, 6.07) is 5.22. The van der Waals surface area contributed by atoms with Crippen molar-refractivity contribution in [1.29, 1.82) is 0 Å². The predicted octanol–water partition coefficient (Wildman–Crippen LogP) is 1.41. The number of aromatic amines is 1. The Balaban J connectivity index is 1.36. The molecule has 33 heavy (non-hydrogen) atoms. The van der Waals surface area contributed by atoms with E-state index in [0.29, 0.717) is 41.0 Å². The number of hydrogen-bond acceptors (Lipinski definition) is 7. The molecule has 1 aromatic carbocycles. The number of rotatable bonds is 5. The van der Waals surface area contributed by atoms with E-state index >= 15 is 0 Å². The fraction of sp³-hybridized carbons (Fsp3) is 0.318. The maximum atomic E-state index is 12.9. The third kappa shape index (κ3) is 3.84. The minimum atomic E-state index is -0.527. The van der Waals surface area contributed by atoms with Gasteiger partial charge in [0.2, 0.25) is 11.7 Å². The maximum absolute atomic E-state index is 12.9. The fourth-order valence-corrected chi connectivity index (χ4v) is 5.47. The number of likely N-dealkylation sites (N-methyl/N-ethyl adjacent to an activating group) is 1. The molecule has 5 rings (SSSR count). The van der Waals surface area contributed by atoms with E-state index in [0.717, 1.165) is 16.0 Å². The van der Waals surface area contributed by atoms with Crippen LogP contribution in [0.1, 0.15) is 45.9 Å². The van der Waals surface area contributed by atoms with Gasteiger partial charge in [-0.2, -0.15) is 0 Å². The van der Waals surface area contributed by atoms with Crippen LogP contribution in [0.4, 0.5) is 5.69 Å². The molecular weight excluding hydrogens is 446 g/mol. The Morgan fingerprint density at radius 1 is 1.27 bits per heavy atom. The van der Waals surface area contributed by atoms with Gasteiger partial charge in [-0.05, 0) is 43.0 Å². The van der Waals surface area contributed by atoms with Crippen LogP contribution in [0, 0.1) is 0 Å². The van der Waals surface area contributed by atoms with Gasteiger partial charge < -0.3 is 25.7 Å². The average molecular weight is 468 g/mol. The van der Waals surface area contributed by atoms with Gasteiger partial charge in [0.25, 0.3) is 17.4 Å². The number of aromatic nitrogens is 2. The lowest BCUT2D eigenvalue weighted by molar-refractivity contribution is -0.122. The number of nitrogens with zero attached hydrogens (tertiary/aromatic N) is 1. The van der Waals surface area contributed by atoms with E-state index in [-0.39, 0.29) is 36.7 Å². The zero-order valence-electron chi connectivity index (χ0n) is 17.7. The highest BCUT2D eigenvalue weighted by Crippen LogP contribution is 2.42. The second-order valence-electron chi connectivity index (χ2n) is 7.87. The van der Waals surface area contributed by atoms with Gasteiger partial charge in [-0.1, -0.05) is 6.07 Å². The van der Waals surface area contributed by atoms with Gasteiger partial charge in [0.1, 0.15) is 10.6 Å². The normalized spacial score (nSPS) is 16.5. The monoisotopic (exact) mass is 467 g/mol. The van der Waals surface area contributed by atoms with Crippen LogP contribution < -0.4 is 26.2 Å². The van der Waals surface area contributed by atoms with Crippen molar-refractivity contribution in [3.63, 3.8) is 0 Å². The Hall–Kier alpha value is -3.73.